The third-order valence-corrected chi connectivity index (χ3v) is 3.48. The van der Waals surface area contributed by atoms with Gasteiger partial charge < -0.3 is 15.5 Å². The first-order chi connectivity index (χ1) is 9.52. The van der Waals surface area contributed by atoms with E-state index in [0.717, 1.165) is 0 Å². The van der Waals surface area contributed by atoms with Crippen LogP contribution in [0.2, 0.25) is 10.0 Å². The predicted octanol–water partition coefficient (Wildman–Crippen LogP) is 3.56. The summed E-state index contributed by atoms with van der Waals surface area (Å²) in [5, 5.41) is 0.326. The van der Waals surface area contributed by atoms with Crippen LogP contribution in [-0.4, -0.2) is 23.7 Å². The molecule has 0 aliphatic rings. The molecule has 1 unspecified atom stereocenters. The van der Waals surface area contributed by atoms with E-state index in [1.165, 1.54) is 12.1 Å². The molecular formula is C13H14Cl2FN3O. The number of halogens is 3. The van der Waals surface area contributed by atoms with Crippen LogP contribution in [0, 0.1) is 5.82 Å². The van der Waals surface area contributed by atoms with Crippen molar-refractivity contribution in [3.05, 3.63) is 40.0 Å². The maximum Gasteiger partial charge on any atom is 0.142 e. The van der Waals surface area contributed by atoms with Crippen LogP contribution < -0.4 is 5.73 Å². The molecule has 0 amide bonds. The van der Waals surface area contributed by atoms with E-state index in [2.05, 4.69) is 9.97 Å². The predicted molar refractivity (Wildman–Crippen MR) is 77.4 cm³/mol. The van der Waals surface area contributed by atoms with Crippen molar-refractivity contribution < 1.29 is 9.13 Å². The van der Waals surface area contributed by atoms with Crippen LogP contribution in [0.1, 0.15) is 18.3 Å². The van der Waals surface area contributed by atoms with Crippen LogP contribution in [-0.2, 0) is 4.74 Å². The Kier molecular flexibility index (Phi) is 4.99. The monoisotopic (exact) mass is 317 g/mol. The van der Waals surface area contributed by atoms with E-state index >= 15 is 0 Å². The van der Waals surface area contributed by atoms with E-state index in [9.17, 15) is 4.39 Å². The first kappa shape index (κ1) is 15.3. The SMILES string of the molecule is COCCC(N)c1ncc(-c2cc(F)c(Cl)cc2Cl)[nH]1. The fourth-order valence-corrected chi connectivity index (χ4v) is 2.26. The topological polar surface area (TPSA) is 63.9 Å². The molecule has 1 heterocycles. The van der Waals surface area contributed by atoms with Crippen molar-refractivity contribution in [2.24, 2.45) is 5.73 Å². The van der Waals surface area contributed by atoms with Gasteiger partial charge in [0.2, 0.25) is 0 Å². The molecule has 0 aliphatic heterocycles. The number of nitrogens with two attached hydrogens (primary N) is 1. The van der Waals surface area contributed by atoms with Gasteiger partial charge >= 0.3 is 0 Å². The highest BCUT2D eigenvalue weighted by Gasteiger charge is 2.14. The minimum absolute atomic E-state index is 0.0183. The molecule has 0 fully saturated rings. The van der Waals surface area contributed by atoms with Crippen LogP contribution in [0.4, 0.5) is 4.39 Å². The summed E-state index contributed by atoms with van der Waals surface area (Å²) in [5.41, 5.74) is 7.05. The zero-order valence-electron chi connectivity index (χ0n) is 10.8. The summed E-state index contributed by atoms with van der Waals surface area (Å²) in [5.74, 6) is 0.0642. The number of methoxy groups -OCH3 is 1. The molecule has 108 valence electrons. The maximum absolute atomic E-state index is 13.5. The van der Waals surface area contributed by atoms with Gasteiger partial charge in [0, 0.05) is 19.3 Å². The summed E-state index contributed by atoms with van der Waals surface area (Å²) >= 11 is 11.7. The van der Waals surface area contributed by atoms with E-state index in [4.69, 9.17) is 33.7 Å². The Labute approximate surface area is 126 Å². The molecular weight excluding hydrogens is 304 g/mol. The smallest absolute Gasteiger partial charge is 0.142 e. The molecule has 0 radical (unpaired) electrons. The minimum atomic E-state index is -0.536. The Balaban J connectivity index is 2.27. The van der Waals surface area contributed by atoms with Crippen molar-refractivity contribution >= 4 is 23.2 Å². The molecule has 1 aromatic heterocycles. The molecule has 4 nitrogen and oxygen atoms in total. The molecule has 0 saturated carbocycles. The summed E-state index contributed by atoms with van der Waals surface area (Å²) in [6.45, 7) is 0.535. The lowest BCUT2D eigenvalue weighted by atomic mass is 10.1. The van der Waals surface area contributed by atoms with Crippen molar-refractivity contribution in [1.82, 2.24) is 9.97 Å². The van der Waals surface area contributed by atoms with Gasteiger partial charge in [-0.3, -0.25) is 0 Å². The first-order valence-corrected chi connectivity index (χ1v) is 6.73. The van der Waals surface area contributed by atoms with E-state index in [-0.39, 0.29) is 11.1 Å². The van der Waals surface area contributed by atoms with E-state index in [1.54, 1.807) is 13.3 Å². The van der Waals surface area contributed by atoms with Crippen molar-refractivity contribution in [2.45, 2.75) is 12.5 Å². The highest BCUT2D eigenvalue weighted by molar-refractivity contribution is 6.36. The lowest BCUT2D eigenvalue weighted by molar-refractivity contribution is 0.187. The molecule has 0 bridgehead atoms. The highest BCUT2D eigenvalue weighted by Crippen LogP contribution is 2.31. The number of hydrogen-bond acceptors (Lipinski definition) is 3. The zero-order chi connectivity index (χ0) is 14.7. The van der Waals surface area contributed by atoms with Gasteiger partial charge in [-0.05, 0) is 18.6 Å². The molecule has 1 atom stereocenters. The average molecular weight is 318 g/mol. The number of aromatic nitrogens is 2. The number of hydrogen-bond donors (Lipinski definition) is 2. The number of rotatable bonds is 5. The van der Waals surface area contributed by atoms with E-state index in [1.807, 2.05) is 0 Å². The Morgan fingerprint density at radius 2 is 2.15 bits per heavy atom. The van der Waals surface area contributed by atoms with Crippen molar-refractivity contribution in [3.8, 4) is 11.3 Å². The number of nitrogens with zero attached hydrogens (tertiary/aromatic N) is 1. The van der Waals surface area contributed by atoms with Gasteiger partial charge in [0.1, 0.15) is 11.6 Å². The van der Waals surface area contributed by atoms with Crippen molar-refractivity contribution in [3.63, 3.8) is 0 Å². The van der Waals surface area contributed by atoms with Crippen LogP contribution in [0.3, 0.4) is 0 Å². The Hall–Kier alpha value is -1.14. The maximum atomic E-state index is 13.5. The Morgan fingerprint density at radius 1 is 1.40 bits per heavy atom. The normalized spacial score (nSPS) is 12.7. The van der Waals surface area contributed by atoms with Gasteiger partial charge in [-0.1, -0.05) is 23.2 Å². The van der Waals surface area contributed by atoms with Crippen molar-refractivity contribution in [2.75, 3.05) is 13.7 Å². The molecule has 0 saturated heterocycles. The summed E-state index contributed by atoms with van der Waals surface area (Å²) in [6, 6.07) is 2.35. The van der Waals surface area contributed by atoms with E-state index in [0.29, 0.717) is 35.1 Å². The third kappa shape index (κ3) is 3.30. The summed E-state index contributed by atoms with van der Waals surface area (Å²) < 4.78 is 18.5. The lowest BCUT2D eigenvalue weighted by Gasteiger charge is -2.07. The highest BCUT2D eigenvalue weighted by atomic mass is 35.5. The third-order valence-electron chi connectivity index (χ3n) is 2.88. The second-order valence-corrected chi connectivity index (χ2v) is 5.13. The number of benzene rings is 1. The Morgan fingerprint density at radius 3 is 2.85 bits per heavy atom. The second-order valence-electron chi connectivity index (χ2n) is 4.32. The number of aromatic amines is 1. The lowest BCUT2D eigenvalue weighted by Crippen LogP contribution is -2.14. The van der Waals surface area contributed by atoms with Crippen molar-refractivity contribution in [1.29, 1.82) is 0 Å². The van der Waals surface area contributed by atoms with Gasteiger partial charge in [0.25, 0.3) is 0 Å². The standard InChI is InChI=1S/C13H14Cl2FN3O/c1-20-3-2-11(17)13-18-6-12(19-13)7-4-10(16)9(15)5-8(7)14/h4-6,11H,2-3,17H2,1H3,(H,18,19). The molecule has 2 rings (SSSR count). The largest absolute Gasteiger partial charge is 0.385 e. The van der Waals surface area contributed by atoms with E-state index < -0.39 is 5.82 Å². The fraction of sp³-hybridized carbons (Fsp3) is 0.308. The Bertz CT molecular complexity index is 603. The van der Waals surface area contributed by atoms with Crippen LogP contribution in [0.5, 0.6) is 0 Å². The van der Waals surface area contributed by atoms with Gasteiger partial charge in [-0.15, -0.1) is 0 Å². The zero-order valence-corrected chi connectivity index (χ0v) is 12.3. The number of nitrogens with one attached hydrogen (secondary N) is 1. The summed E-state index contributed by atoms with van der Waals surface area (Å²) in [7, 11) is 1.61. The minimum Gasteiger partial charge on any atom is -0.385 e. The van der Waals surface area contributed by atoms with Gasteiger partial charge in [-0.25, -0.2) is 9.37 Å². The average Bonchev–Trinajstić information content (AvgIpc) is 2.89. The molecule has 0 aliphatic carbocycles. The number of H-pyrrole nitrogens is 1. The molecule has 3 N–H and O–H groups in total. The number of imidazole rings is 1. The van der Waals surface area contributed by atoms with Gasteiger partial charge in [0.05, 0.1) is 28.0 Å². The molecule has 7 heteroatoms. The van der Waals surface area contributed by atoms with Gasteiger partial charge in [0.15, 0.2) is 0 Å². The van der Waals surface area contributed by atoms with Crippen LogP contribution in [0.15, 0.2) is 18.3 Å². The molecule has 20 heavy (non-hydrogen) atoms. The fourth-order valence-electron chi connectivity index (χ4n) is 1.77. The quantitative estimate of drug-likeness (QED) is 0.829. The van der Waals surface area contributed by atoms with Gasteiger partial charge in [-0.2, -0.15) is 0 Å². The number of ether oxygens (including phenoxy) is 1. The molecule has 1 aromatic carbocycles. The summed E-state index contributed by atoms with van der Waals surface area (Å²) in [4.78, 5) is 7.23. The first-order valence-electron chi connectivity index (χ1n) is 5.97. The van der Waals surface area contributed by atoms with Crippen LogP contribution in [0.25, 0.3) is 11.3 Å². The summed E-state index contributed by atoms with van der Waals surface area (Å²) in [6.07, 6.45) is 2.20. The van der Waals surface area contributed by atoms with Crippen LogP contribution >= 0.6 is 23.2 Å². The molecule has 0 spiro atoms. The molecule has 2 aromatic rings. The second kappa shape index (κ2) is 6.54.